The van der Waals surface area contributed by atoms with E-state index in [1.54, 1.807) is 42.4 Å². The summed E-state index contributed by atoms with van der Waals surface area (Å²) in [5, 5.41) is 6.26. The number of carbonyl (C=O) groups excluding carboxylic acids is 2. The minimum absolute atomic E-state index is 0.122. The molecular formula is C22H28N4O5S2. The Hall–Kier alpha value is -2.66. The zero-order valence-electron chi connectivity index (χ0n) is 18.6. The first kappa shape index (κ1) is 23.5. The number of hydrogen-bond donors (Lipinski definition) is 2. The van der Waals surface area contributed by atoms with Crippen molar-refractivity contribution < 1.29 is 22.7 Å². The van der Waals surface area contributed by atoms with Gasteiger partial charge in [0.1, 0.15) is 0 Å². The lowest BCUT2D eigenvalue weighted by Gasteiger charge is -2.21. The Morgan fingerprint density at radius 3 is 2.58 bits per heavy atom. The molecule has 2 heterocycles. The van der Waals surface area contributed by atoms with Crippen molar-refractivity contribution >= 4 is 38.2 Å². The molecule has 2 atom stereocenters. The fourth-order valence-corrected chi connectivity index (χ4v) is 6.45. The molecule has 2 fully saturated rings. The van der Waals surface area contributed by atoms with Gasteiger partial charge in [-0.3, -0.25) is 4.79 Å². The number of nitrogens with zero attached hydrogens (tertiary/aromatic N) is 2. The van der Waals surface area contributed by atoms with Crippen LogP contribution < -0.4 is 15.4 Å². The van der Waals surface area contributed by atoms with Crippen molar-refractivity contribution in [3.05, 3.63) is 36.0 Å². The number of methoxy groups -OCH3 is 1. The number of benzene rings is 1. The fourth-order valence-electron chi connectivity index (χ4n) is 4.16. The summed E-state index contributed by atoms with van der Waals surface area (Å²) >= 11 is 1.23. The summed E-state index contributed by atoms with van der Waals surface area (Å²) in [5.74, 6) is -0.575. The molecule has 1 aliphatic heterocycles. The topological polar surface area (TPSA) is 118 Å². The van der Waals surface area contributed by atoms with Crippen LogP contribution in [0.1, 0.15) is 37.2 Å². The minimum Gasteiger partial charge on any atom is -0.486 e. The standard InChI is InChI=1S/C22H28N4O5S2/c1-23-22(28)26-10-9-14(13-26)11-18(20(27)25-21-24-12-19(31-2)32-21)15-3-5-16(6-4-15)33(29,30)17-7-8-17/h3-6,12,14,17-18H,7-11,13H2,1-2H3,(H,23,28)(H,24,25,27)/t14-,18?/m1/s1. The highest BCUT2D eigenvalue weighted by molar-refractivity contribution is 7.92. The van der Waals surface area contributed by atoms with Crippen LogP contribution in [0.5, 0.6) is 5.06 Å². The Morgan fingerprint density at radius 1 is 1.24 bits per heavy atom. The molecule has 0 radical (unpaired) electrons. The van der Waals surface area contributed by atoms with E-state index in [0.717, 1.165) is 12.0 Å². The Bertz CT molecular complexity index is 1110. The third-order valence-electron chi connectivity index (χ3n) is 6.16. The summed E-state index contributed by atoms with van der Waals surface area (Å²) < 4.78 is 30.2. The SMILES string of the molecule is CNC(=O)N1CC[C@H](CC(C(=O)Nc2ncc(OC)s2)c2ccc(S(=O)(=O)C3CC3)cc2)C1. The van der Waals surface area contributed by atoms with Crippen LogP contribution in [-0.4, -0.2) is 62.7 Å². The van der Waals surface area contributed by atoms with Gasteiger partial charge in [-0.2, -0.15) is 0 Å². The molecule has 1 saturated carbocycles. The molecule has 0 bridgehead atoms. The molecule has 3 amide bonds. The molecule has 2 aliphatic rings. The van der Waals surface area contributed by atoms with Crippen molar-refractivity contribution in [1.82, 2.24) is 15.2 Å². The molecule has 4 rings (SSSR count). The number of aromatic nitrogens is 1. The Morgan fingerprint density at radius 2 is 1.97 bits per heavy atom. The second-order valence-electron chi connectivity index (χ2n) is 8.44. The van der Waals surface area contributed by atoms with Crippen molar-refractivity contribution in [2.75, 3.05) is 32.6 Å². The lowest BCUT2D eigenvalue weighted by Crippen LogP contribution is -2.36. The zero-order valence-corrected chi connectivity index (χ0v) is 20.2. The molecule has 178 valence electrons. The summed E-state index contributed by atoms with van der Waals surface area (Å²) in [5.41, 5.74) is 0.740. The van der Waals surface area contributed by atoms with E-state index in [9.17, 15) is 18.0 Å². The number of carbonyl (C=O) groups is 2. The van der Waals surface area contributed by atoms with Gasteiger partial charge < -0.3 is 20.3 Å². The second kappa shape index (κ2) is 9.68. The number of thiazole rings is 1. The number of nitrogens with one attached hydrogen (secondary N) is 2. The Labute approximate surface area is 197 Å². The number of anilines is 1. The number of rotatable bonds is 8. The average molecular weight is 493 g/mol. The van der Waals surface area contributed by atoms with E-state index in [0.29, 0.717) is 47.4 Å². The van der Waals surface area contributed by atoms with Gasteiger partial charge in [0.05, 0.1) is 29.4 Å². The summed E-state index contributed by atoms with van der Waals surface area (Å²) in [6.07, 6.45) is 4.30. The highest BCUT2D eigenvalue weighted by Crippen LogP contribution is 2.36. The quantitative estimate of drug-likeness (QED) is 0.585. The van der Waals surface area contributed by atoms with E-state index in [-0.39, 0.29) is 23.1 Å². The maximum atomic E-state index is 13.3. The normalized spacial score (nSPS) is 19.2. The predicted octanol–water partition coefficient (Wildman–Crippen LogP) is 2.86. The third kappa shape index (κ3) is 5.30. The molecule has 1 aromatic carbocycles. The van der Waals surface area contributed by atoms with Gasteiger partial charge in [0.25, 0.3) is 0 Å². The third-order valence-corrected chi connectivity index (χ3v) is 9.31. The van der Waals surface area contributed by atoms with Crippen molar-refractivity contribution in [3.63, 3.8) is 0 Å². The number of hydrogen-bond acceptors (Lipinski definition) is 7. The van der Waals surface area contributed by atoms with Gasteiger partial charge >= 0.3 is 6.03 Å². The van der Waals surface area contributed by atoms with Crippen molar-refractivity contribution in [3.8, 4) is 5.06 Å². The number of urea groups is 1. The Kier molecular flexibility index (Phi) is 6.89. The monoisotopic (exact) mass is 492 g/mol. The number of ether oxygens (including phenoxy) is 1. The molecule has 11 heteroatoms. The maximum absolute atomic E-state index is 13.3. The molecule has 1 aliphatic carbocycles. The lowest BCUT2D eigenvalue weighted by atomic mass is 9.87. The molecular weight excluding hydrogens is 464 g/mol. The number of sulfone groups is 1. The van der Waals surface area contributed by atoms with E-state index in [2.05, 4.69) is 15.6 Å². The van der Waals surface area contributed by atoms with E-state index in [4.69, 9.17) is 4.74 Å². The van der Waals surface area contributed by atoms with Gasteiger partial charge in [-0.15, -0.1) is 0 Å². The molecule has 2 N–H and O–H groups in total. The summed E-state index contributed by atoms with van der Waals surface area (Å²) in [7, 11) is -0.151. The molecule has 9 nitrogen and oxygen atoms in total. The first-order chi connectivity index (χ1) is 15.8. The van der Waals surface area contributed by atoms with E-state index >= 15 is 0 Å². The summed E-state index contributed by atoms with van der Waals surface area (Å²) in [4.78, 5) is 31.5. The molecule has 2 aromatic rings. The first-order valence-corrected chi connectivity index (χ1v) is 13.3. The van der Waals surface area contributed by atoms with Gasteiger partial charge in [-0.05, 0) is 49.3 Å². The molecule has 1 saturated heterocycles. The van der Waals surface area contributed by atoms with Gasteiger partial charge in [0.15, 0.2) is 20.0 Å². The summed E-state index contributed by atoms with van der Waals surface area (Å²) in [6, 6.07) is 6.53. The van der Waals surface area contributed by atoms with Crippen LogP contribution in [0.25, 0.3) is 0 Å². The van der Waals surface area contributed by atoms with Crippen LogP contribution in [0, 0.1) is 5.92 Å². The maximum Gasteiger partial charge on any atom is 0.317 e. The van der Waals surface area contributed by atoms with Crippen LogP contribution in [0.2, 0.25) is 0 Å². The van der Waals surface area contributed by atoms with Crippen LogP contribution >= 0.6 is 11.3 Å². The molecule has 1 aromatic heterocycles. The molecule has 33 heavy (non-hydrogen) atoms. The second-order valence-corrected chi connectivity index (χ2v) is 11.7. The highest BCUT2D eigenvalue weighted by Gasteiger charge is 2.37. The van der Waals surface area contributed by atoms with Gasteiger partial charge in [-0.25, -0.2) is 18.2 Å². The number of amides is 3. The van der Waals surface area contributed by atoms with E-state index in [1.807, 2.05) is 0 Å². The Balaban J connectivity index is 1.54. The highest BCUT2D eigenvalue weighted by atomic mass is 32.2. The fraction of sp³-hybridized carbons (Fsp3) is 0.500. The lowest BCUT2D eigenvalue weighted by molar-refractivity contribution is -0.118. The average Bonchev–Trinajstić information content (AvgIpc) is 3.43. The van der Waals surface area contributed by atoms with Gasteiger partial charge in [0.2, 0.25) is 5.91 Å². The van der Waals surface area contributed by atoms with Gasteiger partial charge in [-0.1, -0.05) is 23.5 Å². The van der Waals surface area contributed by atoms with Crippen molar-refractivity contribution in [1.29, 1.82) is 0 Å². The van der Waals surface area contributed by atoms with Gasteiger partial charge in [0, 0.05) is 20.1 Å². The van der Waals surface area contributed by atoms with E-state index < -0.39 is 15.8 Å². The van der Waals surface area contributed by atoms with Crippen molar-refractivity contribution in [2.24, 2.45) is 5.92 Å². The smallest absolute Gasteiger partial charge is 0.317 e. The predicted molar refractivity (Wildman–Crippen MR) is 125 cm³/mol. The van der Waals surface area contributed by atoms with Crippen LogP contribution in [0.4, 0.5) is 9.93 Å². The van der Waals surface area contributed by atoms with Crippen LogP contribution in [0.3, 0.4) is 0 Å². The zero-order chi connectivity index (χ0) is 23.6. The minimum atomic E-state index is -3.29. The molecule has 1 unspecified atom stereocenters. The summed E-state index contributed by atoms with van der Waals surface area (Å²) in [6.45, 7) is 1.21. The van der Waals surface area contributed by atoms with Crippen molar-refractivity contribution in [2.45, 2.75) is 41.7 Å². The largest absolute Gasteiger partial charge is 0.486 e. The van der Waals surface area contributed by atoms with E-state index in [1.165, 1.54) is 18.4 Å². The number of likely N-dealkylation sites (tertiary alicyclic amines) is 1. The molecule has 0 spiro atoms. The van der Waals surface area contributed by atoms with Crippen LogP contribution in [-0.2, 0) is 14.6 Å². The van der Waals surface area contributed by atoms with Crippen LogP contribution in [0.15, 0.2) is 35.4 Å². The first-order valence-electron chi connectivity index (χ1n) is 10.9.